The van der Waals surface area contributed by atoms with Gasteiger partial charge >= 0.3 is 0 Å². The molecular weight excluding hydrogens is 494 g/mol. The van der Waals surface area contributed by atoms with Crippen LogP contribution in [0.4, 0.5) is 0 Å². The van der Waals surface area contributed by atoms with E-state index in [1.807, 2.05) is 24.3 Å². The molecule has 1 heterocycles. The molecular formula is C32H35NO6. The van der Waals surface area contributed by atoms with Crippen LogP contribution in [0.25, 0.3) is 5.76 Å². The number of aliphatic hydroxyl groups excluding tert-OH is 1. The van der Waals surface area contributed by atoms with Crippen molar-refractivity contribution in [1.29, 1.82) is 0 Å². The second-order valence-electron chi connectivity index (χ2n) is 10.6. The van der Waals surface area contributed by atoms with Gasteiger partial charge in [-0.3, -0.25) is 9.59 Å². The monoisotopic (exact) mass is 529 g/mol. The van der Waals surface area contributed by atoms with Gasteiger partial charge in [0.1, 0.15) is 23.0 Å². The van der Waals surface area contributed by atoms with E-state index in [-0.39, 0.29) is 23.6 Å². The number of Topliss-reactive ketones (excluding diaryl/α,β-unsaturated/α-hetero) is 1. The van der Waals surface area contributed by atoms with E-state index in [4.69, 9.17) is 9.47 Å². The first-order valence-corrected chi connectivity index (χ1v) is 13.2. The van der Waals surface area contributed by atoms with Gasteiger partial charge in [-0.15, -0.1) is 0 Å². The smallest absolute Gasteiger partial charge is 0.295 e. The first kappa shape index (κ1) is 27.8. The molecule has 0 radical (unpaired) electrons. The highest BCUT2D eigenvalue weighted by atomic mass is 16.5. The zero-order valence-electron chi connectivity index (χ0n) is 22.8. The molecule has 4 rings (SSSR count). The van der Waals surface area contributed by atoms with Crippen molar-refractivity contribution in [2.24, 2.45) is 11.8 Å². The Morgan fingerprint density at radius 1 is 0.795 bits per heavy atom. The number of benzene rings is 3. The Morgan fingerprint density at radius 2 is 1.31 bits per heavy atom. The summed E-state index contributed by atoms with van der Waals surface area (Å²) in [5.41, 5.74) is 1.81. The summed E-state index contributed by atoms with van der Waals surface area (Å²) in [6.45, 7) is 9.56. The molecule has 0 aromatic heterocycles. The fourth-order valence-corrected chi connectivity index (χ4v) is 4.32. The van der Waals surface area contributed by atoms with E-state index in [0.717, 1.165) is 11.3 Å². The lowest BCUT2D eigenvalue weighted by atomic mass is 9.95. The van der Waals surface area contributed by atoms with Crippen molar-refractivity contribution < 1.29 is 29.3 Å². The van der Waals surface area contributed by atoms with E-state index in [1.165, 1.54) is 17.0 Å². The molecule has 0 saturated carbocycles. The molecule has 1 atom stereocenters. The molecule has 1 unspecified atom stereocenters. The number of ether oxygens (including phenoxy) is 2. The first-order chi connectivity index (χ1) is 18.6. The zero-order valence-corrected chi connectivity index (χ0v) is 22.8. The van der Waals surface area contributed by atoms with Crippen LogP contribution in [-0.2, 0) is 16.1 Å². The van der Waals surface area contributed by atoms with Crippen molar-refractivity contribution in [1.82, 2.24) is 4.90 Å². The summed E-state index contributed by atoms with van der Waals surface area (Å²) in [6.07, 6.45) is 0. The number of phenols is 1. The number of carbonyl (C=O) groups excluding carboxylic acids is 2. The maximum absolute atomic E-state index is 13.3. The number of aromatic hydroxyl groups is 1. The van der Waals surface area contributed by atoms with Gasteiger partial charge in [0.25, 0.3) is 11.7 Å². The highest BCUT2D eigenvalue weighted by Gasteiger charge is 2.46. The standard InChI is InChI=1S/C32H35NO6/c1-20(2)18-38-26-13-5-22(6-14-26)17-33-29(23-7-11-25(34)12-8-23)28(31(36)32(33)37)30(35)24-9-15-27(16-10-24)39-19-21(3)4/h5-16,20-21,29,34-35H,17-19H2,1-4H3/b30-28-. The van der Waals surface area contributed by atoms with Crippen LogP contribution >= 0.6 is 0 Å². The van der Waals surface area contributed by atoms with Gasteiger partial charge in [0.15, 0.2) is 0 Å². The Balaban J connectivity index is 1.68. The number of phenolic OH excluding ortho intramolecular Hbond substituents is 1. The molecule has 3 aromatic rings. The number of rotatable bonds is 10. The summed E-state index contributed by atoms with van der Waals surface area (Å²) in [7, 11) is 0. The van der Waals surface area contributed by atoms with E-state index < -0.39 is 17.7 Å². The lowest BCUT2D eigenvalue weighted by Crippen LogP contribution is -2.29. The van der Waals surface area contributed by atoms with Gasteiger partial charge in [0.2, 0.25) is 0 Å². The molecule has 204 valence electrons. The van der Waals surface area contributed by atoms with Crippen molar-refractivity contribution in [3.8, 4) is 17.2 Å². The average molecular weight is 530 g/mol. The number of hydrogen-bond acceptors (Lipinski definition) is 6. The van der Waals surface area contributed by atoms with Crippen molar-refractivity contribution in [2.75, 3.05) is 13.2 Å². The molecule has 0 aliphatic carbocycles. The predicted octanol–water partition coefficient (Wildman–Crippen LogP) is 6.08. The summed E-state index contributed by atoms with van der Waals surface area (Å²) >= 11 is 0. The molecule has 1 fully saturated rings. The Labute approximate surface area is 229 Å². The van der Waals surface area contributed by atoms with Crippen LogP contribution in [0.2, 0.25) is 0 Å². The highest BCUT2D eigenvalue weighted by Crippen LogP contribution is 2.41. The third-order valence-corrected chi connectivity index (χ3v) is 6.32. The van der Waals surface area contributed by atoms with Crippen LogP contribution < -0.4 is 9.47 Å². The van der Waals surface area contributed by atoms with Crippen LogP contribution in [0.3, 0.4) is 0 Å². The second kappa shape index (κ2) is 12.1. The Morgan fingerprint density at radius 3 is 1.82 bits per heavy atom. The summed E-state index contributed by atoms with van der Waals surface area (Å²) < 4.78 is 11.5. The fourth-order valence-electron chi connectivity index (χ4n) is 4.32. The normalized spacial score (nSPS) is 16.8. The number of carbonyl (C=O) groups is 2. The van der Waals surface area contributed by atoms with E-state index in [2.05, 4.69) is 27.7 Å². The second-order valence-corrected chi connectivity index (χ2v) is 10.6. The molecule has 7 heteroatoms. The SMILES string of the molecule is CC(C)COc1ccc(CN2C(=O)C(=O)/C(=C(\O)c3ccc(OCC(C)C)cc3)C2c2ccc(O)cc2)cc1. The van der Waals surface area contributed by atoms with Gasteiger partial charge < -0.3 is 24.6 Å². The molecule has 39 heavy (non-hydrogen) atoms. The summed E-state index contributed by atoms with van der Waals surface area (Å²) in [4.78, 5) is 28.1. The maximum atomic E-state index is 13.3. The molecule has 0 bridgehead atoms. The van der Waals surface area contributed by atoms with Gasteiger partial charge in [-0.25, -0.2) is 0 Å². The number of amides is 1. The number of aliphatic hydroxyl groups is 1. The largest absolute Gasteiger partial charge is 0.508 e. The van der Waals surface area contributed by atoms with Crippen molar-refractivity contribution >= 4 is 17.4 Å². The zero-order chi connectivity index (χ0) is 28.1. The Bertz CT molecular complexity index is 1320. The van der Waals surface area contributed by atoms with Gasteiger partial charge in [0.05, 0.1) is 24.8 Å². The van der Waals surface area contributed by atoms with E-state index in [9.17, 15) is 19.8 Å². The van der Waals surface area contributed by atoms with Gasteiger partial charge in [0, 0.05) is 12.1 Å². The van der Waals surface area contributed by atoms with Crippen molar-refractivity contribution in [3.63, 3.8) is 0 Å². The number of ketones is 1. The predicted molar refractivity (Wildman–Crippen MR) is 150 cm³/mol. The van der Waals surface area contributed by atoms with Crippen LogP contribution in [0.5, 0.6) is 17.2 Å². The van der Waals surface area contributed by atoms with E-state index >= 15 is 0 Å². The highest BCUT2D eigenvalue weighted by molar-refractivity contribution is 6.46. The molecule has 1 saturated heterocycles. The molecule has 0 spiro atoms. The van der Waals surface area contributed by atoms with E-state index in [1.54, 1.807) is 36.4 Å². The Kier molecular flexibility index (Phi) is 8.59. The lowest BCUT2D eigenvalue weighted by Gasteiger charge is -2.25. The van der Waals surface area contributed by atoms with Crippen molar-refractivity contribution in [3.05, 3.63) is 95.1 Å². The molecule has 1 aliphatic rings. The maximum Gasteiger partial charge on any atom is 0.295 e. The third-order valence-electron chi connectivity index (χ3n) is 6.32. The summed E-state index contributed by atoms with van der Waals surface area (Å²) in [5.74, 6) is 0.469. The van der Waals surface area contributed by atoms with Gasteiger partial charge in [-0.2, -0.15) is 0 Å². The topological polar surface area (TPSA) is 96.3 Å². The van der Waals surface area contributed by atoms with Crippen molar-refractivity contribution in [2.45, 2.75) is 40.3 Å². The van der Waals surface area contributed by atoms with E-state index in [0.29, 0.717) is 41.9 Å². The molecule has 3 aromatic carbocycles. The molecule has 1 aliphatic heterocycles. The van der Waals surface area contributed by atoms with Crippen LogP contribution in [0.15, 0.2) is 78.4 Å². The quantitative estimate of drug-likeness (QED) is 0.188. The summed E-state index contributed by atoms with van der Waals surface area (Å²) in [5, 5.41) is 21.1. The molecule has 1 amide bonds. The van der Waals surface area contributed by atoms with Crippen LogP contribution in [0, 0.1) is 11.8 Å². The van der Waals surface area contributed by atoms with Gasteiger partial charge in [-0.1, -0.05) is 52.0 Å². The molecule has 7 nitrogen and oxygen atoms in total. The number of nitrogens with zero attached hydrogens (tertiary/aromatic N) is 1. The fraction of sp³-hybridized carbons (Fsp3) is 0.312. The minimum Gasteiger partial charge on any atom is -0.508 e. The first-order valence-electron chi connectivity index (χ1n) is 13.2. The minimum absolute atomic E-state index is 0.00146. The number of likely N-dealkylation sites (tertiary alicyclic amines) is 1. The lowest BCUT2D eigenvalue weighted by molar-refractivity contribution is -0.140. The minimum atomic E-state index is -0.834. The number of hydrogen-bond donors (Lipinski definition) is 2. The van der Waals surface area contributed by atoms with Crippen LogP contribution in [0.1, 0.15) is 50.4 Å². The molecule has 2 N–H and O–H groups in total. The Hall–Kier alpha value is -4.26. The van der Waals surface area contributed by atoms with Gasteiger partial charge in [-0.05, 0) is 71.5 Å². The average Bonchev–Trinajstić information content (AvgIpc) is 3.16. The summed E-state index contributed by atoms with van der Waals surface area (Å²) in [6, 6.07) is 19.7. The van der Waals surface area contributed by atoms with Crippen LogP contribution in [-0.4, -0.2) is 40.0 Å². The third kappa shape index (κ3) is 6.60.